The highest BCUT2D eigenvalue weighted by Crippen LogP contribution is 2.18. The van der Waals surface area contributed by atoms with Crippen LogP contribution in [0.4, 0.5) is 4.39 Å². The number of hydrogen-bond donors (Lipinski definition) is 2. The summed E-state index contributed by atoms with van der Waals surface area (Å²) in [4.78, 5) is 8.84. The van der Waals surface area contributed by atoms with Gasteiger partial charge in [-0.1, -0.05) is 19.1 Å². The molecule has 0 saturated heterocycles. The number of nitrogens with one attached hydrogen (secondary N) is 2. The molecule has 6 nitrogen and oxygen atoms in total. The van der Waals surface area contributed by atoms with Gasteiger partial charge in [-0.15, -0.1) is 0 Å². The fourth-order valence-electron chi connectivity index (χ4n) is 2.76. The molecular formula is C21H32FN5O. The standard InChI is InChI=1S/C21H32FN5O/c1-4-18(28-20-11-7-6-10-19(20)22)16-26-21(23-5-2)25-12-8-9-14-27-15-13-24-17(27)3/h6-7,10-11,13,15,18H,4-5,8-9,12,14,16H2,1-3H3,(H2,23,25,26). The lowest BCUT2D eigenvalue weighted by Gasteiger charge is -2.17. The molecule has 0 aliphatic rings. The van der Waals surface area contributed by atoms with Crippen LogP contribution in [0, 0.1) is 12.7 Å². The van der Waals surface area contributed by atoms with Crippen molar-refractivity contribution in [2.24, 2.45) is 4.99 Å². The van der Waals surface area contributed by atoms with Gasteiger partial charge in [-0.05, 0) is 45.2 Å². The molecule has 2 aromatic rings. The lowest BCUT2D eigenvalue weighted by Crippen LogP contribution is -2.38. The highest BCUT2D eigenvalue weighted by Gasteiger charge is 2.11. The van der Waals surface area contributed by atoms with Gasteiger partial charge in [0.05, 0.1) is 6.54 Å². The number of guanidine groups is 1. The van der Waals surface area contributed by atoms with Crippen molar-refractivity contribution in [1.82, 2.24) is 20.2 Å². The third-order valence-corrected chi connectivity index (χ3v) is 4.42. The molecule has 0 fully saturated rings. The van der Waals surface area contributed by atoms with E-state index in [2.05, 4.69) is 25.2 Å². The zero-order valence-corrected chi connectivity index (χ0v) is 17.1. The quantitative estimate of drug-likeness (QED) is 0.351. The molecule has 0 bridgehead atoms. The van der Waals surface area contributed by atoms with Gasteiger partial charge in [0.25, 0.3) is 0 Å². The Balaban J connectivity index is 1.77. The van der Waals surface area contributed by atoms with Crippen molar-refractivity contribution in [3.05, 3.63) is 48.3 Å². The van der Waals surface area contributed by atoms with Crippen LogP contribution in [0.25, 0.3) is 0 Å². The van der Waals surface area contributed by atoms with Gasteiger partial charge in [0.2, 0.25) is 0 Å². The SMILES string of the molecule is CCNC(=NCC(CC)Oc1ccccc1F)NCCCCn1ccnc1C. The van der Waals surface area contributed by atoms with E-state index in [4.69, 9.17) is 4.74 Å². The molecule has 0 spiro atoms. The number of para-hydroxylation sites is 1. The molecule has 1 heterocycles. The van der Waals surface area contributed by atoms with Crippen molar-refractivity contribution in [3.63, 3.8) is 0 Å². The van der Waals surface area contributed by atoms with Crippen molar-refractivity contribution in [1.29, 1.82) is 0 Å². The Hall–Kier alpha value is -2.57. The minimum Gasteiger partial charge on any atom is -0.485 e. The maximum atomic E-state index is 13.8. The Labute approximate surface area is 167 Å². The van der Waals surface area contributed by atoms with Crippen molar-refractivity contribution >= 4 is 5.96 Å². The molecule has 7 heteroatoms. The summed E-state index contributed by atoms with van der Waals surface area (Å²) in [6, 6.07) is 6.48. The second-order valence-electron chi connectivity index (χ2n) is 6.60. The number of aromatic nitrogens is 2. The molecule has 0 radical (unpaired) electrons. The summed E-state index contributed by atoms with van der Waals surface area (Å²) in [7, 11) is 0. The van der Waals surface area contributed by atoms with Crippen LogP contribution in [0.15, 0.2) is 41.7 Å². The van der Waals surface area contributed by atoms with Crippen LogP contribution in [0.5, 0.6) is 5.75 Å². The van der Waals surface area contributed by atoms with Crippen molar-refractivity contribution < 1.29 is 9.13 Å². The van der Waals surface area contributed by atoms with Crippen molar-refractivity contribution in [2.75, 3.05) is 19.6 Å². The highest BCUT2D eigenvalue weighted by molar-refractivity contribution is 5.79. The first kappa shape index (κ1) is 21.7. The Bertz CT molecular complexity index is 731. The lowest BCUT2D eigenvalue weighted by atomic mass is 10.2. The third-order valence-electron chi connectivity index (χ3n) is 4.42. The maximum Gasteiger partial charge on any atom is 0.191 e. The molecule has 28 heavy (non-hydrogen) atoms. The summed E-state index contributed by atoms with van der Waals surface area (Å²) < 4.78 is 21.7. The van der Waals surface area contributed by atoms with E-state index in [0.717, 1.165) is 50.7 Å². The van der Waals surface area contributed by atoms with Crippen LogP contribution < -0.4 is 15.4 Å². The van der Waals surface area contributed by atoms with Crippen LogP contribution >= 0.6 is 0 Å². The predicted octanol–water partition coefficient (Wildman–Crippen LogP) is 3.52. The second-order valence-corrected chi connectivity index (χ2v) is 6.60. The molecule has 0 aliphatic heterocycles. The summed E-state index contributed by atoms with van der Waals surface area (Å²) in [5.74, 6) is 1.74. The largest absolute Gasteiger partial charge is 0.485 e. The van der Waals surface area contributed by atoms with Gasteiger partial charge in [0.1, 0.15) is 11.9 Å². The van der Waals surface area contributed by atoms with E-state index in [1.165, 1.54) is 6.07 Å². The molecule has 0 saturated carbocycles. The number of benzene rings is 1. The smallest absolute Gasteiger partial charge is 0.191 e. The molecule has 1 unspecified atom stereocenters. The number of unbranched alkanes of at least 4 members (excludes halogenated alkanes) is 1. The number of imidazole rings is 1. The fraction of sp³-hybridized carbons (Fsp3) is 0.524. The summed E-state index contributed by atoms with van der Waals surface area (Å²) in [5, 5.41) is 6.60. The average Bonchev–Trinajstić information content (AvgIpc) is 3.10. The molecule has 1 aromatic carbocycles. The molecule has 2 rings (SSSR count). The van der Waals surface area contributed by atoms with E-state index in [9.17, 15) is 4.39 Å². The van der Waals surface area contributed by atoms with Crippen LogP contribution in [-0.4, -0.2) is 41.2 Å². The van der Waals surface area contributed by atoms with E-state index in [0.29, 0.717) is 6.54 Å². The first-order valence-corrected chi connectivity index (χ1v) is 10.0. The van der Waals surface area contributed by atoms with E-state index in [1.807, 2.05) is 33.2 Å². The van der Waals surface area contributed by atoms with Crippen LogP contribution in [0.1, 0.15) is 38.9 Å². The topological polar surface area (TPSA) is 63.5 Å². The van der Waals surface area contributed by atoms with Gasteiger partial charge >= 0.3 is 0 Å². The molecule has 1 atom stereocenters. The second kappa shape index (κ2) is 12.0. The van der Waals surface area contributed by atoms with E-state index < -0.39 is 0 Å². The zero-order valence-electron chi connectivity index (χ0n) is 17.1. The molecule has 154 valence electrons. The third kappa shape index (κ3) is 7.21. The Kier molecular flexibility index (Phi) is 9.31. The van der Waals surface area contributed by atoms with Crippen molar-refractivity contribution in [3.8, 4) is 5.75 Å². The summed E-state index contributed by atoms with van der Waals surface area (Å²) in [5.41, 5.74) is 0. The van der Waals surface area contributed by atoms with E-state index in [-0.39, 0.29) is 17.7 Å². The number of rotatable bonds is 11. The Morgan fingerprint density at radius 1 is 1.25 bits per heavy atom. The van der Waals surface area contributed by atoms with Gasteiger partial charge in [-0.25, -0.2) is 14.4 Å². The molecule has 1 aromatic heterocycles. The monoisotopic (exact) mass is 389 g/mol. The number of halogens is 1. The maximum absolute atomic E-state index is 13.8. The van der Waals surface area contributed by atoms with Crippen LogP contribution in [0.3, 0.4) is 0 Å². The highest BCUT2D eigenvalue weighted by atomic mass is 19.1. The normalized spacial score (nSPS) is 12.6. The van der Waals surface area contributed by atoms with E-state index >= 15 is 0 Å². The number of hydrogen-bond acceptors (Lipinski definition) is 3. The van der Waals surface area contributed by atoms with Gasteiger partial charge in [0.15, 0.2) is 17.5 Å². The molecule has 2 N–H and O–H groups in total. The van der Waals surface area contributed by atoms with Gasteiger partial charge in [-0.3, -0.25) is 0 Å². The molecule has 0 amide bonds. The van der Waals surface area contributed by atoms with Gasteiger partial charge in [0, 0.05) is 32.0 Å². The number of nitrogens with zero attached hydrogens (tertiary/aromatic N) is 3. The number of aliphatic imine (C=N–C) groups is 1. The van der Waals surface area contributed by atoms with Crippen LogP contribution in [-0.2, 0) is 6.54 Å². The first-order chi connectivity index (χ1) is 13.6. The number of ether oxygens (including phenoxy) is 1. The Morgan fingerprint density at radius 3 is 2.75 bits per heavy atom. The average molecular weight is 390 g/mol. The minimum absolute atomic E-state index is 0.170. The molecular weight excluding hydrogens is 357 g/mol. The summed E-state index contributed by atoms with van der Waals surface area (Å²) in [6.45, 7) is 9.12. The summed E-state index contributed by atoms with van der Waals surface area (Å²) >= 11 is 0. The first-order valence-electron chi connectivity index (χ1n) is 10.0. The lowest BCUT2D eigenvalue weighted by molar-refractivity contribution is 0.196. The number of aryl methyl sites for hydroxylation is 2. The summed E-state index contributed by atoms with van der Waals surface area (Å²) in [6.07, 6.45) is 6.52. The zero-order chi connectivity index (χ0) is 20.2. The minimum atomic E-state index is -0.344. The van der Waals surface area contributed by atoms with Crippen molar-refractivity contribution in [2.45, 2.75) is 52.7 Å². The van der Waals surface area contributed by atoms with Gasteiger partial charge < -0.3 is 19.9 Å². The fourth-order valence-corrected chi connectivity index (χ4v) is 2.76. The van der Waals surface area contributed by atoms with E-state index in [1.54, 1.807) is 18.2 Å². The Morgan fingerprint density at radius 2 is 2.07 bits per heavy atom. The van der Waals surface area contributed by atoms with Gasteiger partial charge in [-0.2, -0.15) is 0 Å². The predicted molar refractivity (Wildman–Crippen MR) is 111 cm³/mol. The molecule has 0 aliphatic carbocycles. The van der Waals surface area contributed by atoms with Crippen LogP contribution in [0.2, 0.25) is 0 Å².